The number of hydrogen-bond donors (Lipinski definition) is 0. The van der Waals surface area contributed by atoms with E-state index >= 15 is 0 Å². The summed E-state index contributed by atoms with van der Waals surface area (Å²) < 4.78 is 10.7. The summed E-state index contributed by atoms with van der Waals surface area (Å²) >= 11 is 0. The first kappa shape index (κ1) is 13.8. The summed E-state index contributed by atoms with van der Waals surface area (Å²) in [5, 5.41) is 9.47. The largest absolute Gasteiger partial charge is 0.496 e. The van der Waals surface area contributed by atoms with E-state index in [0.29, 0.717) is 11.4 Å². The van der Waals surface area contributed by atoms with Crippen LogP contribution in [0.1, 0.15) is 22.7 Å². The Morgan fingerprint density at radius 1 is 1.20 bits per heavy atom. The fourth-order valence-electron chi connectivity index (χ4n) is 2.17. The highest BCUT2D eigenvalue weighted by Crippen LogP contribution is 2.37. The SMILES string of the molecule is COc1ccc(C(C#N)c2cnccn2)c(OC)c1C. The molecule has 102 valence electrons. The number of benzene rings is 1. The van der Waals surface area contributed by atoms with Gasteiger partial charge in [0.25, 0.3) is 0 Å². The summed E-state index contributed by atoms with van der Waals surface area (Å²) in [5.41, 5.74) is 2.21. The van der Waals surface area contributed by atoms with Crippen molar-refractivity contribution in [3.63, 3.8) is 0 Å². The summed E-state index contributed by atoms with van der Waals surface area (Å²) in [6, 6.07) is 5.90. The molecule has 0 saturated carbocycles. The quantitative estimate of drug-likeness (QED) is 0.852. The first-order valence-corrected chi connectivity index (χ1v) is 6.10. The monoisotopic (exact) mass is 269 g/mol. The topological polar surface area (TPSA) is 68.0 Å². The van der Waals surface area contributed by atoms with Crippen molar-refractivity contribution in [1.82, 2.24) is 9.97 Å². The first-order chi connectivity index (χ1) is 9.72. The number of nitrogens with zero attached hydrogens (tertiary/aromatic N) is 3. The molecule has 1 unspecified atom stereocenters. The normalized spacial score (nSPS) is 11.5. The highest BCUT2D eigenvalue weighted by atomic mass is 16.5. The van der Waals surface area contributed by atoms with E-state index in [1.807, 2.05) is 19.1 Å². The molecule has 2 rings (SSSR count). The molecule has 1 aromatic heterocycles. The molecule has 0 bridgehead atoms. The fraction of sp³-hybridized carbons (Fsp3) is 0.267. The minimum absolute atomic E-state index is 0.525. The first-order valence-electron chi connectivity index (χ1n) is 6.10. The average Bonchev–Trinajstić information content (AvgIpc) is 2.49. The second-order valence-electron chi connectivity index (χ2n) is 4.21. The number of methoxy groups -OCH3 is 2. The lowest BCUT2D eigenvalue weighted by Crippen LogP contribution is -2.05. The smallest absolute Gasteiger partial charge is 0.130 e. The summed E-state index contributed by atoms with van der Waals surface area (Å²) in [4.78, 5) is 8.21. The Hall–Kier alpha value is -2.61. The van der Waals surface area contributed by atoms with Crippen LogP contribution in [0.25, 0.3) is 0 Å². The van der Waals surface area contributed by atoms with E-state index in [4.69, 9.17) is 9.47 Å². The van der Waals surface area contributed by atoms with E-state index in [0.717, 1.165) is 16.9 Å². The molecular formula is C15H15N3O2. The molecule has 0 aliphatic rings. The van der Waals surface area contributed by atoms with Gasteiger partial charge in [-0.25, -0.2) is 0 Å². The van der Waals surface area contributed by atoms with E-state index in [1.165, 1.54) is 0 Å². The molecule has 5 heteroatoms. The zero-order valence-corrected chi connectivity index (χ0v) is 11.6. The van der Waals surface area contributed by atoms with Crippen LogP contribution < -0.4 is 9.47 Å². The third-order valence-corrected chi connectivity index (χ3v) is 3.13. The molecule has 0 aliphatic carbocycles. The average molecular weight is 269 g/mol. The van der Waals surface area contributed by atoms with Gasteiger partial charge in [-0.2, -0.15) is 5.26 Å². The highest BCUT2D eigenvalue weighted by Gasteiger charge is 2.22. The minimum atomic E-state index is -0.525. The van der Waals surface area contributed by atoms with Crippen LogP contribution in [-0.4, -0.2) is 24.2 Å². The van der Waals surface area contributed by atoms with Gasteiger partial charge in [0, 0.05) is 23.5 Å². The van der Waals surface area contributed by atoms with E-state index in [1.54, 1.807) is 32.8 Å². The summed E-state index contributed by atoms with van der Waals surface area (Å²) in [6.07, 6.45) is 4.74. The maximum Gasteiger partial charge on any atom is 0.130 e. The summed E-state index contributed by atoms with van der Waals surface area (Å²) in [7, 11) is 3.18. The molecule has 0 spiro atoms. The molecule has 1 atom stereocenters. The van der Waals surface area contributed by atoms with Crippen molar-refractivity contribution in [2.24, 2.45) is 0 Å². The summed E-state index contributed by atoms with van der Waals surface area (Å²) in [5.74, 6) is 0.839. The second-order valence-corrected chi connectivity index (χ2v) is 4.21. The lowest BCUT2D eigenvalue weighted by Gasteiger charge is -2.17. The second kappa shape index (κ2) is 6.02. The lowest BCUT2D eigenvalue weighted by molar-refractivity contribution is 0.385. The number of ether oxygens (including phenoxy) is 2. The van der Waals surface area contributed by atoms with Gasteiger partial charge in [0.15, 0.2) is 0 Å². The highest BCUT2D eigenvalue weighted by molar-refractivity contribution is 5.53. The van der Waals surface area contributed by atoms with Gasteiger partial charge in [-0.1, -0.05) is 0 Å². The van der Waals surface area contributed by atoms with Crippen molar-refractivity contribution in [3.05, 3.63) is 47.5 Å². The number of aromatic nitrogens is 2. The van der Waals surface area contributed by atoms with E-state index in [-0.39, 0.29) is 0 Å². The van der Waals surface area contributed by atoms with Crippen molar-refractivity contribution < 1.29 is 9.47 Å². The van der Waals surface area contributed by atoms with Gasteiger partial charge in [-0.3, -0.25) is 9.97 Å². The van der Waals surface area contributed by atoms with Gasteiger partial charge < -0.3 is 9.47 Å². The van der Waals surface area contributed by atoms with E-state index in [2.05, 4.69) is 16.0 Å². The molecule has 5 nitrogen and oxygen atoms in total. The molecule has 0 saturated heterocycles. The number of nitriles is 1. The van der Waals surface area contributed by atoms with Crippen LogP contribution >= 0.6 is 0 Å². The summed E-state index contributed by atoms with van der Waals surface area (Å²) in [6.45, 7) is 1.90. The van der Waals surface area contributed by atoms with Crippen molar-refractivity contribution in [2.75, 3.05) is 14.2 Å². The Balaban J connectivity index is 2.57. The molecule has 1 heterocycles. The molecule has 2 aromatic rings. The molecular weight excluding hydrogens is 254 g/mol. The number of rotatable bonds is 4. The third-order valence-electron chi connectivity index (χ3n) is 3.13. The van der Waals surface area contributed by atoms with Crippen molar-refractivity contribution in [3.8, 4) is 17.6 Å². The predicted molar refractivity (Wildman–Crippen MR) is 73.8 cm³/mol. The van der Waals surface area contributed by atoms with Gasteiger partial charge >= 0.3 is 0 Å². The van der Waals surface area contributed by atoms with Gasteiger partial charge in [-0.05, 0) is 19.1 Å². The van der Waals surface area contributed by atoms with Gasteiger partial charge in [-0.15, -0.1) is 0 Å². The molecule has 0 aliphatic heterocycles. The van der Waals surface area contributed by atoms with Crippen LogP contribution in [0.15, 0.2) is 30.7 Å². The molecule has 0 amide bonds. The lowest BCUT2D eigenvalue weighted by atomic mass is 9.94. The van der Waals surface area contributed by atoms with Crippen LogP contribution in [0.2, 0.25) is 0 Å². The maximum absolute atomic E-state index is 9.47. The molecule has 0 N–H and O–H groups in total. The maximum atomic E-state index is 9.47. The molecule has 0 fully saturated rings. The van der Waals surface area contributed by atoms with Crippen LogP contribution in [0.5, 0.6) is 11.5 Å². The van der Waals surface area contributed by atoms with Gasteiger partial charge in [0.1, 0.15) is 17.4 Å². The Morgan fingerprint density at radius 3 is 2.55 bits per heavy atom. The zero-order valence-electron chi connectivity index (χ0n) is 11.6. The van der Waals surface area contributed by atoms with Gasteiger partial charge in [0.05, 0.1) is 32.2 Å². The van der Waals surface area contributed by atoms with Crippen molar-refractivity contribution >= 4 is 0 Å². The molecule has 0 radical (unpaired) electrons. The van der Waals surface area contributed by atoms with Crippen LogP contribution in [0, 0.1) is 18.3 Å². The van der Waals surface area contributed by atoms with Crippen molar-refractivity contribution in [2.45, 2.75) is 12.8 Å². The Morgan fingerprint density at radius 2 is 2.00 bits per heavy atom. The Labute approximate surface area is 117 Å². The van der Waals surface area contributed by atoms with E-state index < -0.39 is 5.92 Å². The van der Waals surface area contributed by atoms with Crippen molar-refractivity contribution in [1.29, 1.82) is 5.26 Å². The zero-order chi connectivity index (χ0) is 14.5. The fourth-order valence-corrected chi connectivity index (χ4v) is 2.17. The van der Waals surface area contributed by atoms with Crippen LogP contribution in [0.4, 0.5) is 0 Å². The Bertz CT molecular complexity index is 636. The van der Waals surface area contributed by atoms with Crippen LogP contribution in [0.3, 0.4) is 0 Å². The predicted octanol–water partition coefficient (Wildman–Crippen LogP) is 2.46. The van der Waals surface area contributed by atoms with Crippen LogP contribution in [-0.2, 0) is 0 Å². The Kier molecular flexibility index (Phi) is 4.16. The van der Waals surface area contributed by atoms with E-state index in [9.17, 15) is 5.26 Å². The molecule has 20 heavy (non-hydrogen) atoms. The molecule has 1 aromatic carbocycles. The minimum Gasteiger partial charge on any atom is -0.496 e. The third kappa shape index (κ3) is 2.41. The van der Waals surface area contributed by atoms with Gasteiger partial charge in [0.2, 0.25) is 0 Å². The standard InChI is InChI=1S/C15H15N3O2/c1-10-14(19-2)5-4-11(15(10)20-3)12(8-16)13-9-17-6-7-18-13/h4-7,9,12H,1-3H3. The number of hydrogen-bond acceptors (Lipinski definition) is 5.